The molecule has 6 rings (SSSR count). The summed E-state index contributed by atoms with van der Waals surface area (Å²) in [6.07, 6.45) is 0. The average molecular weight is 807 g/mol. The average Bonchev–Trinajstić information content (AvgIpc) is 3.15. The van der Waals surface area contributed by atoms with Gasteiger partial charge in [0.1, 0.15) is 10.6 Å². The number of nitrogens with zero attached hydrogens (tertiary/aromatic N) is 6. The Morgan fingerprint density at radius 3 is 1.58 bits per heavy atom. The largest absolute Gasteiger partial charge is 0.505 e. The molecule has 0 aromatic heterocycles. The Labute approximate surface area is 327 Å². The smallest absolute Gasteiger partial charge is 0.296 e. The first kappa shape index (κ1) is 39.9. The highest BCUT2D eigenvalue weighted by atomic mass is 32.2. The van der Waals surface area contributed by atoms with Gasteiger partial charge >= 0.3 is 0 Å². The summed E-state index contributed by atoms with van der Waals surface area (Å²) in [6.45, 7) is 7.17. The van der Waals surface area contributed by atoms with Crippen LogP contribution in [-0.4, -0.2) is 37.0 Å². The summed E-state index contributed by atoms with van der Waals surface area (Å²) in [7, 11) is -9.22. The van der Waals surface area contributed by atoms with Crippen molar-refractivity contribution in [3.05, 3.63) is 125 Å². The molecular formula is C39H34N8O8S2. The molecule has 6 aromatic carbocycles. The Kier molecular flexibility index (Phi) is 11.1. The highest BCUT2D eigenvalue weighted by molar-refractivity contribution is 7.86. The molecule has 0 bridgehead atoms. The zero-order valence-corrected chi connectivity index (χ0v) is 32.3. The van der Waals surface area contributed by atoms with Gasteiger partial charge in [0.25, 0.3) is 26.1 Å². The number of carbonyl (C=O) groups is 1. The minimum atomic E-state index is -4.90. The molecule has 0 unspecified atom stereocenters. The Morgan fingerprint density at radius 1 is 0.596 bits per heavy atom. The van der Waals surface area contributed by atoms with E-state index in [1.807, 2.05) is 13.8 Å². The molecule has 16 nitrogen and oxygen atoms in total. The molecule has 6 aromatic rings. The third-order valence-corrected chi connectivity index (χ3v) is 10.5. The van der Waals surface area contributed by atoms with Crippen LogP contribution in [0.5, 0.6) is 5.75 Å². The number of phenols is 1. The van der Waals surface area contributed by atoms with Crippen LogP contribution in [0.3, 0.4) is 0 Å². The van der Waals surface area contributed by atoms with Gasteiger partial charge in [-0.15, -0.1) is 5.11 Å². The highest BCUT2D eigenvalue weighted by Gasteiger charge is 2.23. The number of azo groups is 3. The van der Waals surface area contributed by atoms with E-state index in [-0.39, 0.29) is 15.7 Å². The number of phenolic OH excluding ortho intramolecular Hbond substituents is 1. The van der Waals surface area contributed by atoms with Gasteiger partial charge in [0.2, 0.25) is 0 Å². The number of anilines is 2. The van der Waals surface area contributed by atoms with Crippen molar-refractivity contribution in [1.82, 2.24) is 0 Å². The van der Waals surface area contributed by atoms with Crippen molar-refractivity contribution in [2.24, 2.45) is 30.7 Å². The van der Waals surface area contributed by atoms with Crippen LogP contribution in [0, 0.1) is 27.7 Å². The summed E-state index contributed by atoms with van der Waals surface area (Å²) < 4.78 is 66.8. The third kappa shape index (κ3) is 9.22. The van der Waals surface area contributed by atoms with Gasteiger partial charge in [-0.3, -0.25) is 13.9 Å². The maximum absolute atomic E-state index is 12.7. The molecule has 57 heavy (non-hydrogen) atoms. The molecule has 0 aliphatic rings. The van der Waals surface area contributed by atoms with Crippen molar-refractivity contribution in [1.29, 1.82) is 0 Å². The number of nitrogens with one attached hydrogen (secondary N) is 1. The first-order valence-corrected chi connectivity index (χ1v) is 19.7. The number of aryl methyl sites for hydroxylation is 4. The summed E-state index contributed by atoms with van der Waals surface area (Å²) in [5, 5.41) is 39.9. The normalized spacial score (nSPS) is 12.3. The van der Waals surface area contributed by atoms with E-state index in [1.54, 1.807) is 62.4 Å². The van der Waals surface area contributed by atoms with Crippen molar-refractivity contribution in [3.8, 4) is 5.75 Å². The third-order valence-electron chi connectivity index (χ3n) is 8.72. The SMILES string of the molecule is Cc1cc(N=Nc2cc(C)c(N=Nc3c(S(=O)(=O)O)cc4cc(NC(=O)c5ccc(N)cc5)ccc4c3O)cc2C)c(C)cc1N=Nc1ccc(S(=O)(=O)O)cc1. The van der Waals surface area contributed by atoms with Crippen LogP contribution >= 0.6 is 0 Å². The van der Waals surface area contributed by atoms with Crippen LogP contribution in [-0.2, 0) is 20.2 Å². The van der Waals surface area contributed by atoms with Crippen LogP contribution in [0.15, 0.2) is 138 Å². The van der Waals surface area contributed by atoms with E-state index >= 15 is 0 Å². The molecule has 0 saturated carbocycles. The van der Waals surface area contributed by atoms with E-state index in [0.717, 1.165) is 17.2 Å². The fourth-order valence-corrected chi connectivity index (χ4v) is 6.71. The quantitative estimate of drug-likeness (QED) is 0.0500. The van der Waals surface area contributed by atoms with Gasteiger partial charge in [0, 0.05) is 22.3 Å². The molecule has 18 heteroatoms. The molecule has 0 aliphatic carbocycles. The second-order valence-corrected chi connectivity index (χ2v) is 15.8. The molecule has 1 amide bonds. The lowest BCUT2D eigenvalue weighted by molar-refractivity contribution is 0.102. The molecule has 0 radical (unpaired) electrons. The number of carbonyl (C=O) groups excluding carboxylic acids is 1. The van der Waals surface area contributed by atoms with Gasteiger partial charge in [0.15, 0.2) is 5.75 Å². The molecular weight excluding hydrogens is 773 g/mol. The lowest BCUT2D eigenvalue weighted by atomic mass is 10.1. The van der Waals surface area contributed by atoms with E-state index in [2.05, 4.69) is 36.0 Å². The molecule has 0 saturated heterocycles. The zero-order valence-electron chi connectivity index (χ0n) is 30.7. The van der Waals surface area contributed by atoms with E-state index in [0.29, 0.717) is 56.5 Å². The van der Waals surface area contributed by atoms with Crippen LogP contribution in [0.25, 0.3) is 10.8 Å². The second kappa shape index (κ2) is 15.8. The van der Waals surface area contributed by atoms with Gasteiger partial charge in [-0.2, -0.15) is 42.4 Å². The zero-order chi connectivity index (χ0) is 41.2. The Morgan fingerprint density at radius 2 is 1.09 bits per heavy atom. The maximum atomic E-state index is 12.7. The molecule has 0 atom stereocenters. The highest BCUT2D eigenvalue weighted by Crippen LogP contribution is 2.43. The number of hydrogen-bond acceptors (Lipinski definition) is 13. The number of benzene rings is 6. The molecule has 290 valence electrons. The van der Waals surface area contributed by atoms with Gasteiger partial charge in [-0.1, -0.05) is 0 Å². The predicted molar refractivity (Wildman–Crippen MR) is 215 cm³/mol. The number of hydrogen-bond donors (Lipinski definition) is 5. The van der Waals surface area contributed by atoms with E-state index in [4.69, 9.17) is 10.3 Å². The van der Waals surface area contributed by atoms with Gasteiger partial charge in [-0.25, -0.2) is 0 Å². The predicted octanol–water partition coefficient (Wildman–Crippen LogP) is 10.4. The molecule has 0 heterocycles. The summed E-state index contributed by atoms with van der Waals surface area (Å²) in [6, 6.07) is 24.1. The van der Waals surface area contributed by atoms with Crippen molar-refractivity contribution in [3.63, 3.8) is 0 Å². The van der Waals surface area contributed by atoms with Crippen LogP contribution in [0.4, 0.5) is 45.5 Å². The number of nitrogen functional groups attached to an aromatic ring is 1. The number of nitrogens with two attached hydrogens (primary N) is 1. The topological polar surface area (TPSA) is 258 Å². The van der Waals surface area contributed by atoms with E-state index in [9.17, 15) is 31.3 Å². The number of aromatic hydroxyl groups is 1. The summed E-state index contributed by atoms with van der Waals surface area (Å²) in [4.78, 5) is 11.8. The summed E-state index contributed by atoms with van der Waals surface area (Å²) >= 11 is 0. The van der Waals surface area contributed by atoms with Crippen molar-refractivity contribution in [2.75, 3.05) is 11.1 Å². The van der Waals surface area contributed by atoms with Gasteiger partial charge < -0.3 is 16.2 Å². The molecule has 6 N–H and O–H groups in total. The monoisotopic (exact) mass is 806 g/mol. The molecule has 0 fully saturated rings. The number of fused-ring (bicyclic) bond motifs is 1. The van der Waals surface area contributed by atoms with Crippen LogP contribution in [0.2, 0.25) is 0 Å². The second-order valence-electron chi connectivity index (χ2n) is 13.0. The standard InChI is InChI=1S/C39H34N8O8S2/c1-21-16-33(22(2)15-32(21)43-42-28-9-12-30(13-10-28)56(50,51)52)44-45-34-17-24(4)35(18-23(34)3)46-47-37-36(57(53,54)55)20-26-19-29(11-14-31(26)38(37)48)41-39(49)25-5-7-27(40)8-6-25/h5-20,48H,40H2,1-4H3,(H,41,49)(H,50,51,52)(H,53,54,55). The number of rotatable bonds is 10. The Hall–Kier alpha value is -6.73. The summed E-state index contributed by atoms with van der Waals surface area (Å²) in [5.74, 6) is -0.988. The minimum absolute atomic E-state index is 0.195. The first-order chi connectivity index (χ1) is 26.9. The van der Waals surface area contributed by atoms with Crippen LogP contribution in [0.1, 0.15) is 32.6 Å². The fourth-order valence-electron chi connectivity index (χ4n) is 5.57. The Bertz CT molecular complexity index is 2900. The van der Waals surface area contributed by atoms with Gasteiger partial charge in [0.05, 0.1) is 33.3 Å². The van der Waals surface area contributed by atoms with E-state index in [1.165, 1.54) is 42.5 Å². The van der Waals surface area contributed by atoms with Crippen molar-refractivity contribution in [2.45, 2.75) is 37.5 Å². The van der Waals surface area contributed by atoms with Gasteiger partial charge in [-0.05, 0) is 152 Å². The van der Waals surface area contributed by atoms with E-state index < -0.39 is 42.5 Å². The summed E-state index contributed by atoms with van der Waals surface area (Å²) in [5.41, 5.74) is 11.5. The molecule has 0 spiro atoms. The lowest BCUT2D eigenvalue weighted by Crippen LogP contribution is -2.11. The Balaban J connectivity index is 1.23. The lowest BCUT2D eigenvalue weighted by Gasteiger charge is -2.11. The minimum Gasteiger partial charge on any atom is -0.505 e. The fraction of sp³-hybridized carbons (Fsp3) is 0.103. The van der Waals surface area contributed by atoms with Crippen molar-refractivity contribution >= 4 is 82.4 Å². The molecule has 0 aliphatic heterocycles. The maximum Gasteiger partial charge on any atom is 0.296 e. The van der Waals surface area contributed by atoms with Crippen molar-refractivity contribution < 1.29 is 35.8 Å². The number of amides is 1. The van der Waals surface area contributed by atoms with Crippen LogP contribution < -0.4 is 11.1 Å². The first-order valence-electron chi connectivity index (χ1n) is 16.9.